The minimum atomic E-state index is -0.840. The Morgan fingerprint density at radius 2 is 1.95 bits per heavy atom. The average Bonchev–Trinajstić information content (AvgIpc) is 3.31. The van der Waals surface area contributed by atoms with Crippen molar-refractivity contribution in [1.82, 2.24) is 19.4 Å². The number of benzene rings is 1. The molecule has 0 radical (unpaired) electrons. The molecule has 0 bridgehead atoms. The van der Waals surface area contributed by atoms with Crippen LogP contribution in [-0.2, 0) is 0 Å². The molecule has 11 nitrogen and oxygen atoms in total. The lowest BCUT2D eigenvalue weighted by Crippen LogP contribution is -2.47. The molecule has 1 saturated heterocycles. The first-order chi connectivity index (χ1) is 19.8. The highest BCUT2D eigenvalue weighted by Gasteiger charge is 2.43. The second-order valence-corrected chi connectivity index (χ2v) is 11.9. The van der Waals surface area contributed by atoms with Gasteiger partial charge >= 0.3 is 0 Å². The van der Waals surface area contributed by atoms with E-state index >= 15 is 0 Å². The fourth-order valence-electron chi connectivity index (χ4n) is 5.83. The van der Waals surface area contributed by atoms with Gasteiger partial charge in [-0.2, -0.15) is 4.98 Å². The topological polar surface area (TPSA) is 165 Å². The zero-order valence-corrected chi connectivity index (χ0v) is 23.7. The average molecular weight is 593 g/mol. The molecule has 1 amide bonds. The Bertz CT molecular complexity index is 1710. The van der Waals surface area contributed by atoms with Crippen LogP contribution in [0.4, 0.5) is 17.3 Å². The number of aromatic nitrogens is 4. The monoisotopic (exact) mass is 592 g/mol. The number of hydrogen-bond donors (Lipinski definition) is 4. The largest absolute Gasteiger partial charge is 0.493 e. The number of carbonyl (C=O) groups is 1. The van der Waals surface area contributed by atoms with E-state index in [0.717, 1.165) is 38.2 Å². The van der Waals surface area contributed by atoms with Gasteiger partial charge < -0.3 is 26.8 Å². The van der Waals surface area contributed by atoms with Gasteiger partial charge in [0.1, 0.15) is 16.5 Å². The van der Waals surface area contributed by atoms with Crippen molar-refractivity contribution in [1.29, 1.82) is 0 Å². The molecule has 41 heavy (non-hydrogen) atoms. The van der Waals surface area contributed by atoms with Crippen LogP contribution in [0.25, 0.3) is 5.65 Å². The van der Waals surface area contributed by atoms with E-state index in [-0.39, 0.29) is 33.6 Å². The van der Waals surface area contributed by atoms with Gasteiger partial charge in [0, 0.05) is 30.2 Å². The summed E-state index contributed by atoms with van der Waals surface area (Å²) in [5.74, 6) is -0.502. The molecule has 212 valence electrons. The van der Waals surface area contributed by atoms with Crippen LogP contribution in [0, 0.1) is 5.41 Å². The summed E-state index contributed by atoms with van der Waals surface area (Å²) >= 11 is 7.85. The van der Waals surface area contributed by atoms with Gasteiger partial charge in [0.2, 0.25) is 5.88 Å². The molecule has 1 unspecified atom stereocenters. The molecule has 1 atom stereocenters. The van der Waals surface area contributed by atoms with Crippen LogP contribution in [0.15, 0.2) is 63.5 Å². The van der Waals surface area contributed by atoms with Crippen LogP contribution >= 0.6 is 23.4 Å². The predicted molar refractivity (Wildman–Crippen MR) is 159 cm³/mol. The number of amides is 1. The number of piperidine rings is 1. The number of pyridine rings is 1. The van der Waals surface area contributed by atoms with Crippen LogP contribution in [0.3, 0.4) is 0 Å². The number of aromatic hydroxyl groups is 1. The van der Waals surface area contributed by atoms with E-state index in [9.17, 15) is 14.7 Å². The molecule has 1 aliphatic carbocycles. The summed E-state index contributed by atoms with van der Waals surface area (Å²) in [5, 5.41) is 13.6. The minimum Gasteiger partial charge on any atom is -0.493 e. The number of nitrogens with two attached hydrogens (primary N) is 2. The Morgan fingerprint density at radius 1 is 1.15 bits per heavy atom. The van der Waals surface area contributed by atoms with Gasteiger partial charge in [-0.1, -0.05) is 41.9 Å². The summed E-state index contributed by atoms with van der Waals surface area (Å²) in [5.41, 5.74) is 12.3. The van der Waals surface area contributed by atoms with Crippen molar-refractivity contribution in [2.24, 2.45) is 11.1 Å². The summed E-state index contributed by atoms with van der Waals surface area (Å²) in [6.07, 6.45) is 8.77. The summed E-state index contributed by atoms with van der Waals surface area (Å²) < 4.78 is 1.18. The van der Waals surface area contributed by atoms with Crippen LogP contribution in [0.1, 0.15) is 42.5 Å². The van der Waals surface area contributed by atoms with Gasteiger partial charge in [0.25, 0.3) is 11.5 Å². The number of hydrogen-bond acceptors (Lipinski definition) is 10. The maximum Gasteiger partial charge on any atom is 0.274 e. The number of nitrogens with one attached hydrogen (secondary N) is 1. The predicted octanol–water partition coefficient (Wildman–Crippen LogP) is 3.93. The second-order valence-electron chi connectivity index (χ2n) is 10.5. The Morgan fingerprint density at radius 3 is 2.68 bits per heavy atom. The molecule has 1 aromatic carbocycles. The summed E-state index contributed by atoms with van der Waals surface area (Å²) in [6.45, 7) is 1.74. The van der Waals surface area contributed by atoms with E-state index in [1.165, 1.54) is 35.2 Å². The molecule has 1 saturated carbocycles. The first-order valence-corrected chi connectivity index (χ1v) is 14.6. The van der Waals surface area contributed by atoms with Gasteiger partial charge in [-0.3, -0.25) is 14.0 Å². The maximum absolute atomic E-state index is 13.0. The van der Waals surface area contributed by atoms with Crippen molar-refractivity contribution in [3.63, 3.8) is 0 Å². The van der Waals surface area contributed by atoms with Gasteiger partial charge in [-0.05, 0) is 55.4 Å². The van der Waals surface area contributed by atoms with E-state index < -0.39 is 22.9 Å². The number of rotatable bonds is 5. The minimum absolute atomic E-state index is 0.218. The maximum atomic E-state index is 13.0. The van der Waals surface area contributed by atoms with Crippen molar-refractivity contribution < 1.29 is 9.90 Å². The lowest BCUT2D eigenvalue weighted by Gasteiger charge is -2.42. The molecule has 3 aromatic heterocycles. The molecular formula is C28H29ClN8O3S. The van der Waals surface area contributed by atoms with Crippen molar-refractivity contribution in [3.8, 4) is 5.88 Å². The molecule has 1 aliphatic heterocycles. The summed E-state index contributed by atoms with van der Waals surface area (Å²) in [6, 6.07) is 10.2. The van der Waals surface area contributed by atoms with E-state index in [2.05, 4.69) is 25.2 Å². The van der Waals surface area contributed by atoms with Gasteiger partial charge in [0.15, 0.2) is 11.4 Å². The fraction of sp³-hybridized carbons (Fsp3) is 0.321. The third-order valence-electron chi connectivity index (χ3n) is 8.17. The third kappa shape index (κ3) is 5.07. The zero-order valence-electron chi connectivity index (χ0n) is 22.1. The summed E-state index contributed by atoms with van der Waals surface area (Å²) in [7, 11) is 0. The number of nitrogen functional groups attached to an aromatic ring is 1. The van der Waals surface area contributed by atoms with Crippen molar-refractivity contribution in [2.75, 3.05) is 29.0 Å². The van der Waals surface area contributed by atoms with E-state index in [4.69, 9.17) is 23.1 Å². The molecule has 13 heteroatoms. The molecular weight excluding hydrogens is 564 g/mol. The highest BCUT2D eigenvalue weighted by Crippen LogP contribution is 2.46. The Kier molecular flexibility index (Phi) is 7.22. The van der Waals surface area contributed by atoms with Crippen LogP contribution in [0.5, 0.6) is 5.88 Å². The fourth-order valence-corrected chi connectivity index (χ4v) is 6.93. The number of nitrogens with zero attached hydrogens (tertiary/aromatic N) is 5. The van der Waals surface area contributed by atoms with E-state index in [1.807, 2.05) is 0 Å². The Balaban J connectivity index is 1.18. The van der Waals surface area contributed by atoms with E-state index in [0.29, 0.717) is 9.92 Å². The van der Waals surface area contributed by atoms with Crippen molar-refractivity contribution in [3.05, 3.63) is 69.7 Å². The Hall–Kier alpha value is -3.87. The SMILES string of the molecule is Nc1nc(N2CCC3(CCCC3N)CC2)cnc1Sc1cccc(NC(=O)c2c(O)nc3ccccn3c2=O)c1Cl. The molecule has 4 heterocycles. The highest BCUT2D eigenvalue weighted by atomic mass is 35.5. The lowest BCUT2D eigenvalue weighted by molar-refractivity contribution is 0.102. The Labute approximate surface area is 245 Å². The number of carbonyl (C=O) groups excluding carboxylic acids is 1. The molecule has 2 aliphatic rings. The third-order valence-corrected chi connectivity index (χ3v) is 9.76. The molecule has 6 N–H and O–H groups in total. The first kappa shape index (κ1) is 27.3. The standard InChI is InChI=1S/C28H29ClN8O3S/c29-22-16(33-24(38)21-25(39)35-19-8-1-2-12-37(19)27(21)40)5-3-6-17(22)41-26-23(31)34-20(15-32-26)36-13-10-28(11-14-36)9-4-7-18(28)30/h1-3,5-6,8,12,15,18,39H,4,7,9-11,13-14,30H2,(H2,31,34)(H,33,38). The highest BCUT2D eigenvalue weighted by molar-refractivity contribution is 7.99. The van der Waals surface area contributed by atoms with Crippen LogP contribution in [0.2, 0.25) is 5.02 Å². The second kappa shape index (κ2) is 10.8. The normalized spacial score (nSPS) is 18.2. The van der Waals surface area contributed by atoms with Gasteiger partial charge in [-0.15, -0.1) is 0 Å². The number of anilines is 3. The van der Waals surface area contributed by atoms with Crippen LogP contribution < -0.4 is 27.2 Å². The van der Waals surface area contributed by atoms with Crippen molar-refractivity contribution >= 4 is 52.2 Å². The molecule has 2 fully saturated rings. The van der Waals surface area contributed by atoms with Gasteiger partial charge in [-0.25, -0.2) is 9.97 Å². The van der Waals surface area contributed by atoms with Crippen LogP contribution in [-0.4, -0.2) is 49.5 Å². The molecule has 6 rings (SSSR count). The zero-order chi connectivity index (χ0) is 28.7. The molecule has 4 aromatic rings. The number of halogens is 1. The van der Waals surface area contributed by atoms with E-state index in [1.54, 1.807) is 42.6 Å². The van der Waals surface area contributed by atoms with Crippen molar-refractivity contribution in [2.45, 2.75) is 48.1 Å². The smallest absolute Gasteiger partial charge is 0.274 e. The number of fused-ring (bicyclic) bond motifs is 1. The summed E-state index contributed by atoms with van der Waals surface area (Å²) in [4.78, 5) is 41.8. The molecule has 1 spiro atoms. The lowest BCUT2D eigenvalue weighted by atomic mass is 9.74. The first-order valence-electron chi connectivity index (χ1n) is 13.4. The quantitative estimate of drug-likeness (QED) is 0.267. The van der Waals surface area contributed by atoms with Gasteiger partial charge in [0.05, 0.1) is 16.9 Å².